The summed E-state index contributed by atoms with van der Waals surface area (Å²) in [5, 5.41) is 6.76. The van der Waals surface area contributed by atoms with Crippen molar-refractivity contribution in [3.63, 3.8) is 0 Å². The summed E-state index contributed by atoms with van der Waals surface area (Å²) in [6.45, 7) is 0. The number of benzene rings is 2. The highest BCUT2D eigenvalue weighted by molar-refractivity contribution is 6.39. The lowest BCUT2D eigenvalue weighted by Gasteiger charge is -2.11. The number of nitrogens with one attached hydrogen (secondary N) is 2. The minimum atomic E-state index is -0.921. The summed E-state index contributed by atoms with van der Waals surface area (Å²) in [5.74, 6) is -0.904. The Labute approximate surface area is 149 Å². The Balaban J connectivity index is 1.98. The Morgan fingerprint density at radius 2 is 1.76 bits per heavy atom. The number of hydrazone groups is 1. The van der Waals surface area contributed by atoms with Crippen molar-refractivity contribution in [2.75, 3.05) is 19.5 Å². The third kappa shape index (κ3) is 5.22. The van der Waals surface area contributed by atoms with E-state index in [4.69, 9.17) is 21.1 Å². The van der Waals surface area contributed by atoms with E-state index in [1.54, 1.807) is 42.5 Å². The number of carbonyl (C=O) groups excluding carboxylic acids is 2. The van der Waals surface area contributed by atoms with Gasteiger partial charge >= 0.3 is 11.8 Å². The van der Waals surface area contributed by atoms with Gasteiger partial charge in [-0.2, -0.15) is 5.10 Å². The molecule has 2 aromatic carbocycles. The number of halogens is 1. The van der Waals surface area contributed by atoms with Crippen LogP contribution in [0.25, 0.3) is 0 Å². The van der Waals surface area contributed by atoms with Crippen LogP contribution in [0, 0.1) is 0 Å². The van der Waals surface area contributed by atoms with Crippen molar-refractivity contribution in [1.29, 1.82) is 0 Å². The minimum absolute atomic E-state index is 0.309. The molecule has 130 valence electrons. The smallest absolute Gasteiger partial charge is 0.329 e. The molecule has 2 N–H and O–H groups in total. The number of hydrogen-bond donors (Lipinski definition) is 2. The molecule has 0 radical (unpaired) electrons. The lowest BCUT2D eigenvalue weighted by atomic mass is 10.2. The van der Waals surface area contributed by atoms with Crippen LogP contribution in [0.1, 0.15) is 5.56 Å². The maximum Gasteiger partial charge on any atom is 0.329 e. The summed E-state index contributed by atoms with van der Waals surface area (Å²) in [6, 6.07) is 11.6. The molecule has 0 fully saturated rings. The van der Waals surface area contributed by atoms with Crippen LogP contribution in [0.15, 0.2) is 47.6 Å². The fourth-order valence-electron chi connectivity index (χ4n) is 1.86. The Kier molecular flexibility index (Phi) is 6.36. The molecule has 0 aliphatic heterocycles. The molecule has 2 aromatic rings. The van der Waals surface area contributed by atoms with Gasteiger partial charge in [-0.05, 0) is 29.8 Å². The van der Waals surface area contributed by atoms with Gasteiger partial charge < -0.3 is 14.8 Å². The summed E-state index contributed by atoms with van der Waals surface area (Å²) >= 11 is 5.77. The molecule has 0 aromatic heterocycles. The minimum Gasteiger partial charge on any atom is -0.497 e. The fourth-order valence-corrected chi connectivity index (χ4v) is 1.98. The van der Waals surface area contributed by atoms with E-state index >= 15 is 0 Å². The molecule has 0 spiro atoms. The van der Waals surface area contributed by atoms with E-state index in [1.165, 1.54) is 20.4 Å². The molecule has 2 rings (SSSR count). The van der Waals surface area contributed by atoms with Gasteiger partial charge in [-0.15, -0.1) is 0 Å². The lowest BCUT2D eigenvalue weighted by Crippen LogP contribution is -2.32. The van der Waals surface area contributed by atoms with Crippen LogP contribution in [-0.4, -0.2) is 32.2 Å². The van der Waals surface area contributed by atoms with Gasteiger partial charge in [0.05, 0.1) is 26.1 Å². The fraction of sp³-hybridized carbons (Fsp3) is 0.118. The number of rotatable bonds is 5. The van der Waals surface area contributed by atoms with Crippen molar-refractivity contribution in [1.82, 2.24) is 5.43 Å². The second-order valence-electron chi connectivity index (χ2n) is 4.77. The molecule has 0 aliphatic rings. The summed E-state index contributed by atoms with van der Waals surface area (Å²) in [6.07, 6.45) is 1.40. The number of ether oxygens (including phenoxy) is 2. The summed E-state index contributed by atoms with van der Waals surface area (Å²) in [5.41, 5.74) is 3.18. The highest BCUT2D eigenvalue weighted by Gasteiger charge is 2.16. The topological polar surface area (TPSA) is 89.0 Å². The van der Waals surface area contributed by atoms with Crippen LogP contribution in [0.2, 0.25) is 5.02 Å². The van der Waals surface area contributed by atoms with E-state index in [2.05, 4.69) is 15.8 Å². The summed E-state index contributed by atoms with van der Waals surface area (Å²) in [7, 11) is 2.94. The van der Waals surface area contributed by atoms with Crippen molar-refractivity contribution in [3.05, 3.63) is 53.1 Å². The molecule has 0 aliphatic carbocycles. The standard InChI is InChI=1S/C17H16ClN3O4/c1-24-13-7-8-15(25-2)14(9-13)20-16(22)17(23)21-19-10-11-3-5-12(18)6-4-11/h3-10H,1-2H3,(H,20,22)(H,21,23)/b19-10+. The normalized spacial score (nSPS) is 10.4. The van der Waals surface area contributed by atoms with Crippen LogP contribution in [0.5, 0.6) is 11.5 Å². The van der Waals surface area contributed by atoms with Gasteiger partial charge in [0.1, 0.15) is 11.5 Å². The molecule has 25 heavy (non-hydrogen) atoms. The largest absolute Gasteiger partial charge is 0.497 e. The molecule has 0 saturated heterocycles. The lowest BCUT2D eigenvalue weighted by molar-refractivity contribution is -0.136. The van der Waals surface area contributed by atoms with Gasteiger partial charge in [0, 0.05) is 11.1 Å². The molecule has 0 heterocycles. The first kappa shape index (κ1) is 18.3. The highest BCUT2D eigenvalue weighted by Crippen LogP contribution is 2.28. The van der Waals surface area contributed by atoms with E-state index < -0.39 is 11.8 Å². The summed E-state index contributed by atoms with van der Waals surface area (Å²) < 4.78 is 10.2. The Morgan fingerprint density at radius 3 is 2.40 bits per heavy atom. The van der Waals surface area contributed by atoms with Crippen molar-refractivity contribution in [2.24, 2.45) is 5.10 Å². The van der Waals surface area contributed by atoms with Crippen molar-refractivity contribution in [3.8, 4) is 11.5 Å². The van der Waals surface area contributed by atoms with Gasteiger partial charge in [-0.3, -0.25) is 9.59 Å². The predicted molar refractivity (Wildman–Crippen MR) is 95.4 cm³/mol. The van der Waals surface area contributed by atoms with Crippen LogP contribution in [-0.2, 0) is 9.59 Å². The van der Waals surface area contributed by atoms with Gasteiger partial charge in [0.15, 0.2) is 0 Å². The number of nitrogens with zero attached hydrogens (tertiary/aromatic N) is 1. The predicted octanol–water partition coefficient (Wildman–Crippen LogP) is 2.45. The van der Waals surface area contributed by atoms with E-state index in [9.17, 15) is 9.59 Å². The van der Waals surface area contributed by atoms with Crippen LogP contribution in [0.4, 0.5) is 5.69 Å². The van der Waals surface area contributed by atoms with Crippen LogP contribution in [0.3, 0.4) is 0 Å². The second-order valence-corrected chi connectivity index (χ2v) is 5.21. The van der Waals surface area contributed by atoms with E-state index in [1.807, 2.05) is 0 Å². The van der Waals surface area contributed by atoms with Crippen molar-refractivity contribution in [2.45, 2.75) is 0 Å². The zero-order chi connectivity index (χ0) is 18.2. The van der Waals surface area contributed by atoms with Gasteiger partial charge in [0.2, 0.25) is 0 Å². The maximum absolute atomic E-state index is 12.0. The average Bonchev–Trinajstić information content (AvgIpc) is 2.63. The van der Waals surface area contributed by atoms with E-state index in [-0.39, 0.29) is 0 Å². The average molecular weight is 362 g/mol. The molecule has 0 atom stereocenters. The molecule has 2 amide bonds. The van der Waals surface area contributed by atoms with Crippen molar-refractivity contribution >= 4 is 35.3 Å². The van der Waals surface area contributed by atoms with Crippen LogP contribution < -0.4 is 20.2 Å². The monoisotopic (exact) mass is 361 g/mol. The zero-order valence-corrected chi connectivity index (χ0v) is 14.3. The van der Waals surface area contributed by atoms with Crippen LogP contribution >= 0.6 is 11.6 Å². The third-order valence-corrected chi connectivity index (χ3v) is 3.36. The number of hydrogen-bond acceptors (Lipinski definition) is 5. The van der Waals surface area contributed by atoms with Gasteiger partial charge in [-0.1, -0.05) is 23.7 Å². The van der Waals surface area contributed by atoms with E-state index in [0.717, 1.165) is 5.56 Å². The molecule has 0 saturated carbocycles. The molecule has 7 nitrogen and oxygen atoms in total. The summed E-state index contributed by atoms with van der Waals surface area (Å²) in [4.78, 5) is 23.8. The second kappa shape index (κ2) is 8.70. The zero-order valence-electron chi connectivity index (χ0n) is 13.6. The first-order chi connectivity index (χ1) is 12.0. The maximum atomic E-state index is 12.0. The molecule has 0 bridgehead atoms. The Morgan fingerprint density at radius 1 is 1.04 bits per heavy atom. The molecular formula is C17H16ClN3O4. The number of methoxy groups -OCH3 is 2. The Bertz CT molecular complexity index is 791. The quantitative estimate of drug-likeness (QED) is 0.486. The molecule has 8 heteroatoms. The van der Waals surface area contributed by atoms with E-state index in [0.29, 0.717) is 22.2 Å². The van der Waals surface area contributed by atoms with Gasteiger partial charge in [-0.25, -0.2) is 5.43 Å². The number of carbonyl (C=O) groups is 2. The Hall–Kier alpha value is -3.06. The first-order valence-electron chi connectivity index (χ1n) is 7.15. The highest BCUT2D eigenvalue weighted by atomic mass is 35.5. The SMILES string of the molecule is COc1ccc(OC)c(NC(=O)C(=O)N/N=C/c2ccc(Cl)cc2)c1. The number of amides is 2. The van der Waals surface area contributed by atoms with Gasteiger partial charge in [0.25, 0.3) is 0 Å². The molecular weight excluding hydrogens is 346 g/mol. The van der Waals surface area contributed by atoms with Crippen molar-refractivity contribution < 1.29 is 19.1 Å². The third-order valence-electron chi connectivity index (χ3n) is 3.11. The number of anilines is 1. The molecule has 0 unspecified atom stereocenters. The first-order valence-corrected chi connectivity index (χ1v) is 7.53.